The van der Waals surface area contributed by atoms with Gasteiger partial charge in [0.1, 0.15) is 11.6 Å². The number of alkyl halides is 3. The highest BCUT2D eigenvalue weighted by molar-refractivity contribution is 5.95. The Morgan fingerprint density at radius 1 is 1.26 bits per heavy atom. The van der Waals surface area contributed by atoms with E-state index in [0.29, 0.717) is 29.5 Å². The summed E-state index contributed by atoms with van der Waals surface area (Å²) in [6.07, 6.45) is 1.86. The number of nitrogens with zero attached hydrogens (tertiary/aromatic N) is 2. The molecule has 27 heavy (non-hydrogen) atoms. The third-order valence-electron chi connectivity index (χ3n) is 5.00. The minimum atomic E-state index is -4.44. The number of carbonyl (C=O) groups is 1. The maximum atomic E-state index is 13.1. The van der Waals surface area contributed by atoms with Crippen LogP contribution in [0.3, 0.4) is 0 Å². The van der Waals surface area contributed by atoms with Gasteiger partial charge in [-0.15, -0.1) is 0 Å². The molecule has 1 aliphatic rings. The van der Waals surface area contributed by atoms with Gasteiger partial charge in [-0.1, -0.05) is 43.9 Å². The standard InChI is InChI=1S/C20H22F3N3O/c1-13-24-10-9-18(25-13)26-19(27)17(11-14-5-2-3-6-14)15-7-4-8-16(12-15)20(21,22)23/h4,7-10,12,14,17H,2-3,5-6,11H2,1H3,(H,24,25,26,27). The smallest absolute Gasteiger partial charge is 0.310 e. The number of halogens is 3. The lowest BCUT2D eigenvalue weighted by atomic mass is 9.86. The number of hydrogen-bond donors (Lipinski definition) is 1. The minimum Gasteiger partial charge on any atom is -0.310 e. The van der Waals surface area contributed by atoms with Crippen LogP contribution >= 0.6 is 0 Å². The molecule has 1 heterocycles. The molecule has 0 spiro atoms. The summed E-state index contributed by atoms with van der Waals surface area (Å²) in [5, 5.41) is 2.74. The monoisotopic (exact) mass is 377 g/mol. The summed E-state index contributed by atoms with van der Waals surface area (Å²) >= 11 is 0. The third kappa shape index (κ3) is 5.05. The Bertz CT molecular complexity index is 801. The molecule has 1 amide bonds. The number of anilines is 1. The molecule has 4 nitrogen and oxygen atoms in total. The molecule has 0 bridgehead atoms. The Morgan fingerprint density at radius 3 is 2.67 bits per heavy atom. The Kier molecular flexibility index (Phi) is 5.77. The number of nitrogens with one attached hydrogen (secondary N) is 1. The van der Waals surface area contributed by atoms with Crippen LogP contribution in [-0.4, -0.2) is 15.9 Å². The molecule has 3 rings (SSSR count). The van der Waals surface area contributed by atoms with E-state index in [1.54, 1.807) is 19.1 Å². The Morgan fingerprint density at radius 2 is 2.00 bits per heavy atom. The van der Waals surface area contributed by atoms with Gasteiger partial charge in [0.05, 0.1) is 11.5 Å². The van der Waals surface area contributed by atoms with Gasteiger partial charge in [-0.2, -0.15) is 13.2 Å². The van der Waals surface area contributed by atoms with Crippen molar-refractivity contribution in [2.24, 2.45) is 5.92 Å². The number of hydrogen-bond acceptors (Lipinski definition) is 3. The number of rotatable bonds is 5. The first-order valence-corrected chi connectivity index (χ1v) is 9.10. The van der Waals surface area contributed by atoms with Crippen molar-refractivity contribution in [3.05, 3.63) is 53.5 Å². The van der Waals surface area contributed by atoms with Crippen molar-refractivity contribution in [3.8, 4) is 0 Å². The summed E-state index contributed by atoms with van der Waals surface area (Å²) in [4.78, 5) is 21.1. The third-order valence-corrected chi connectivity index (χ3v) is 5.00. The second kappa shape index (κ2) is 8.06. The molecule has 1 saturated carbocycles. The van der Waals surface area contributed by atoms with E-state index in [1.165, 1.54) is 12.3 Å². The van der Waals surface area contributed by atoms with E-state index < -0.39 is 17.7 Å². The first kappa shape index (κ1) is 19.3. The number of aryl methyl sites for hydroxylation is 1. The number of aromatic nitrogens is 2. The predicted molar refractivity (Wildman–Crippen MR) is 96.2 cm³/mol. The SMILES string of the molecule is Cc1nccc(NC(=O)C(CC2CCCC2)c2cccc(C(F)(F)F)c2)n1. The summed E-state index contributed by atoms with van der Waals surface area (Å²) in [6, 6.07) is 6.65. The van der Waals surface area contributed by atoms with Gasteiger partial charge in [-0.3, -0.25) is 4.79 Å². The van der Waals surface area contributed by atoms with Crippen LogP contribution in [0.1, 0.15) is 55.0 Å². The molecule has 0 radical (unpaired) electrons. The summed E-state index contributed by atoms with van der Waals surface area (Å²) < 4.78 is 39.3. The fraction of sp³-hybridized carbons (Fsp3) is 0.450. The van der Waals surface area contributed by atoms with Gasteiger partial charge in [0.25, 0.3) is 0 Å². The van der Waals surface area contributed by atoms with E-state index in [4.69, 9.17) is 0 Å². The van der Waals surface area contributed by atoms with E-state index in [-0.39, 0.29) is 5.91 Å². The van der Waals surface area contributed by atoms with E-state index in [0.717, 1.165) is 37.8 Å². The van der Waals surface area contributed by atoms with E-state index in [1.807, 2.05) is 0 Å². The molecule has 144 valence electrons. The Hall–Kier alpha value is -2.44. The zero-order valence-corrected chi connectivity index (χ0v) is 15.1. The van der Waals surface area contributed by atoms with Gasteiger partial charge >= 0.3 is 6.18 Å². The van der Waals surface area contributed by atoms with Gasteiger partial charge in [-0.25, -0.2) is 9.97 Å². The molecule has 0 saturated heterocycles. The van der Waals surface area contributed by atoms with Gasteiger partial charge in [0, 0.05) is 6.20 Å². The summed E-state index contributed by atoms with van der Waals surface area (Å²) in [5.41, 5.74) is -0.345. The van der Waals surface area contributed by atoms with Crippen LogP contribution in [0.15, 0.2) is 36.5 Å². The van der Waals surface area contributed by atoms with Crippen molar-refractivity contribution in [2.75, 3.05) is 5.32 Å². The lowest BCUT2D eigenvalue weighted by Gasteiger charge is -2.21. The molecule has 1 unspecified atom stereocenters. The van der Waals surface area contributed by atoms with Gasteiger partial charge < -0.3 is 5.32 Å². The van der Waals surface area contributed by atoms with E-state index in [2.05, 4.69) is 15.3 Å². The van der Waals surface area contributed by atoms with Gasteiger partial charge in [0.15, 0.2) is 0 Å². The van der Waals surface area contributed by atoms with Gasteiger partial charge in [0.2, 0.25) is 5.91 Å². The van der Waals surface area contributed by atoms with Crippen molar-refractivity contribution in [1.29, 1.82) is 0 Å². The van der Waals surface area contributed by atoms with Crippen LogP contribution in [0.25, 0.3) is 0 Å². The topological polar surface area (TPSA) is 54.9 Å². The second-order valence-corrected chi connectivity index (χ2v) is 7.04. The van der Waals surface area contributed by atoms with E-state index >= 15 is 0 Å². The van der Waals surface area contributed by atoms with Crippen LogP contribution < -0.4 is 5.32 Å². The molecule has 2 aromatic rings. The van der Waals surface area contributed by atoms with E-state index in [9.17, 15) is 18.0 Å². The fourth-order valence-corrected chi connectivity index (χ4v) is 3.64. The zero-order chi connectivity index (χ0) is 19.4. The number of benzene rings is 1. The normalized spacial score (nSPS) is 16.3. The summed E-state index contributed by atoms with van der Waals surface area (Å²) in [5.74, 6) is 0.238. The minimum absolute atomic E-state index is 0.334. The summed E-state index contributed by atoms with van der Waals surface area (Å²) in [7, 11) is 0. The van der Waals surface area contributed by atoms with Crippen LogP contribution in [0.4, 0.5) is 19.0 Å². The lowest BCUT2D eigenvalue weighted by molar-refractivity contribution is -0.137. The van der Waals surface area contributed by atoms with Crippen molar-refractivity contribution < 1.29 is 18.0 Å². The van der Waals surface area contributed by atoms with Crippen LogP contribution in [0.5, 0.6) is 0 Å². The fourth-order valence-electron chi connectivity index (χ4n) is 3.64. The average Bonchev–Trinajstić information content (AvgIpc) is 3.12. The quantitative estimate of drug-likeness (QED) is 0.788. The van der Waals surface area contributed by atoms with Crippen molar-refractivity contribution in [1.82, 2.24) is 9.97 Å². The molecular formula is C20H22F3N3O. The highest BCUT2D eigenvalue weighted by Crippen LogP contribution is 2.37. The molecule has 1 aliphatic carbocycles. The first-order valence-electron chi connectivity index (χ1n) is 9.10. The molecular weight excluding hydrogens is 355 g/mol. The van der Waals surface area contributed by atoms with Gasteiger partial charge in [-0.05, 0) is 37.0 Å². The second-order valence-electron chi connectivity index (χ2n) is 7.04. The molecule has 1 aromatic heterocycles. The average molecular weight is 377 g/mol. The van der Waals surface area contributed by atoms with Crippen LogP contribution in [-0.2, 0) is 11.0 Å². The van der Waals surface area contributed by atoms with Crippen LogP contribution in [0, 0.1) is 12.8 Å². The first-order chi connectivity index (χ1) is 12.8. The number of amides is 1. The Balaban J connectivity index is 1.87. The largest absolute Gasteiger partial charge is 0.416 e. The van der Waals surface area contributed by atoms with Crippen molar-refractivity contribution in [2.45, 2.75) is 51.1 Å². The van der Waals surface area contributed by atoms with Crippen molar-refractivity contribution in [3.63, 3.8) is 0 Å². The maximum Gasteiger partial charge on any atom is 0.416 e. The number of carbonyl (C=O) groups excluding carboxylic acids is 1. The molecule has 1 aromatic carbocycles. The predicted octanol–water partition coefficient (Wildman–Crippen LogP) is 5.11. The van der Waals surface area contributed by atoms with Crippen molar-refractivity contribution >= 4 is 11.7 Å². The summed E-state index contributed by atoms with van der Waals surface area (Å²) in [6.45, 7) is 1.71. The zero-order valence-electron chi connectivity index (χ0n) is 15.1. The molecule has 7 heteroatoms. The maximum absolute atomic E-state index is 13.1. The molecule has 1 N–H and O–H groups in total. The molecule has 1 fully saturated rings. The van der Waals surface area contributed by atoms with Crippen LogP contribution in [0.2, 0.25) is 0 Å². The highest BCUT2D eigenvalue weighted by Gasteiger charge is 2.33. The molecule has 1 atom stereocenters. The molecule has 0 aliphatic heterocycles. The Labute approximate surface area is 156 Å². The highest BCUT2D eigenvalue weighted by atomic mass is 19.4. The lowest BCUT2D eigenvalue weighted by Crippen LogP contribution is -2.24.